The molecule has 4 nitrogen and oxygen atoms in total. The highest BCUT2D eigenvalue weighted by Crippen LogP contribution is 2.36. The van der Waals surface area contributed by atoms with E-state index in [0.717, 1.165) is 13.0 Å². The van der Waals surface area contributed by atoms with Crippen LogP contribution in [0.15, 0.2) is 12.2 Å². The van der Waals surface area contributed by atoms with E-state index in [4.69, 9.17) is 0 Å². The molecule has 25 heavy (non-hydrogen) atoms. The van der Waals surface area contributed by atoms with E-state index in [2.05, 4.69) is 45.8 Å². The Hall–Kier alpha value is -0.726. The minimum Gasteiger partial charge on any atom is -0.345 e. The summed E-state index contributed by atoms with van der Waals surface area (Å²) in [7, 11) is -2.93. The van der Waals surface area contributed by atoms with Crippen molar-refractivity contribution in [1.82, 2.24) is 9.13 Å². The molecule has 0 unspecified atom stereocenters. The first-order valence-electron chi connectivity index (χ1n) is 10.2. The summed E-state index contributed by atoms with van der Waals surface area (Å²) in [5, 5.41) is 0. The van der Waals surface area contributed by atoms with E-state index in [1.54, 1.807) is 0 Å². The SMILES string of the molecule is CC[Si](CC)(CC)N(CCCN1C(=O)C=CC1=O)[Si](CC)(CC)CC. The minimum atomic E-state index is -1.46. The molecule has 0 fully saturated rings. The van der Waals surface area contributed by atoms with Gasteiger partial charge in [0.05, 0.1) is 0 Å². The van der Waals surface area contributed by atoms with Crippen LogP contribution in [0.3, 0.4) is 0 Å². The average Bonchev–Trinajstić information content (AvgIpc) is 2.96. The van der Waals surface area contributed by atoms with Crippen LogP contribution in [0, 0.1) is 0 Å². The Balaban J connectivity index is 2.98. The van der Waals surface area contributed by atoms with Gasteiger partial charge in [0, 0.05) is 18.7 Å². The molecular formula is C19H38N2O2Si2. The summed E-state index contributed by atoms with van der Waals surface area (Å²) in [6.07, 6.45) is 3.70. The lowest BCUT2D eigenvalue weighted by molar-refractivity contribution is -0.136. The summed E-state index contributed by atoms with van der Waals surface area (Å²) >= 11 is 0. The van der Waals surface area contributed by atoms with E-state index in [0.29, 0.717) is 6.54 Å². The number of nitrogens with zero attached hydrogens (tertiary/aromatic N) is 2. The highest BCUT2D eigenvalue weighted by atomic mass is 28.4. The van der Waals surface area contributed by atoms with E-state index < -0.39 is 16.5 Å². The van der Waals surface area contributed by atoms with E-state index >= 15 is 0 Å². The highest BCUT2D eigenvalue weighted by molar-refractivity contribution is 6.92. The van der Waals surface area contributed by atoms with Gasteiger partial charge >= 0.3 is 0 Å². The Morgan fingerprint density at radius 3 is 1.44 bits per heavy atom. The summed E-state index contributed by atoms with van der Waals surface area (Å²) in [5.74, 6) is -0.293. The van der Waals surface area contributed by atoms with Crippen LogP contribution in [0.5, 0.6) is 0 Å². The summed E-state index contributed by atoms with van der Waals surface area (Å²) < 4.78 is 3.01. The van der Waals surface area contributed by atoms with Crippen LogP contribution in [0.2, 0.25) is 36.3 Å². The van der Waals surface area contributed by atoms with E-state index in [1.165, 1.54) is 53.3 Å². The number of amides is 2. The van der Waals surface area contributed by atoms with Gasteiger partial charge in [-0.05, 0) is 49.2 Å². The smallest absolute Gasteiger partial charge is 0.253 e. The summed E-state index contributed by atoms with van der Waals surface area (Å²) in [6, 6.07) is 7.82. The van der Waals surface area contributed by atoms with Crippen molar-refractivity contribution in [1.29, 1.82) is 0 Å². The van der Waals surface area contributed by atoms with E-state index in [9.17, 15) is 9.59 Å². The van der Waals surface area contributed by atoms with Crippen LogP contribution in [-0.4, -0.2) is 50.5 Å². The van der Waals surface area contributed by atoms with Crippen molar-refractivity contribution in [3.05, 3.63) is 12.2 Å². The molecule has 0 aliphatic carbocycles. The molecule has 0 spiro atoms. The molecule has 0 saturated carbocycles. The molecule has 2 amide bonds. The van der Waals surface area contributed by atoms with Gasteiger partial charge in [0.2, 0.25) is 0 Å². The maximum Gasteiger partial charge on any atom is 0.253 e. The first kappa shape index (κ1) is 22.3. The molecule has 0 bridgehead atoms. The van der Waals surface area contributed by atoms with Gasteiger partial charge < -0.3 is 4.23 Å². The second-order valence-corrected chi connectivity index (χ2v) is 17.9. The summed E-state index contributed by atoms with van der Waals surface area (Å²) in [5.41, 5.74) is 0. The Bertz CT molecular complexity index is 431. The number of rotatable bonds is 12. The number of hydrogen-bond donors (Lipinski definition) is 0. The van der Waals surface area contributed by atoms with Gasteiger partial charge in [0.15, 0.2) is 0 Å². The molecule has 1 rings (SSSR count). The molecule has 0 radical (unpaired) electrons. The van der Waals surface area contributed by atoms with Gasteiger partial charge in [-0.3, -0.25) is 14.5 Å². The van der Waals surface area contributed by atoms with E-state index in [1.807, 2.05) is 0 Å². The van der Waals surface area contributed by atoms with Crippen molar-refractivity contribution in [3.63, 3.8) is 0 Å². The van der Waals surface area contributed by atoms with Crippen LogP contribution in [0.4, 0.5) is 0 Å². The molecule has 0 saturated heterocycles. The third kappa shape index (κ3) is 4.52. The molecule has 1 heterocycles. The maximum absolute atomic E-state index is 11.8. The molecular weight excluding hydrogens is 344 g/mol. The number of carbonyl (C=O) groups is 2. The van der Waals surface area contributed by atoms with Crippen molar-refractivity contribution in [2.75, 3.05) is 13.1 Å². The zero-order valence-corrected chi connectivity index (χ0v) is 19.2. The fourth-order valence-electron chi connectivity index (χ4n) is 4.66. The molecule has 6 heteroatoms. The molecule has 0 aromatic carbocycles. The largest absolute Gasteiger partial charge is 0.345 e. The van der Waals surface area contributed by atoms with Crippen molar-refractivity contribution >= 4 is 28.3 Å². The monoisotopic (exact) mass is 382 g/mol. The fourth-order valence-corrected chi connectivity index (χ4v) is 18.1. The Kier molecular flexibility index (Phi) is 8.77. The Morgan fingerprint density at radius 2 is 1.12 bits per heavy atom. The quantitative estimate of drug-likeness (QED) is 0.365. The van der Waals surface area contributed by atoms with Crippen LogP contribution in [0.1, 0.15) is 48.0 Å². The van der Waals surface area contributed by atoms with Gasteiger partial charge in [0.25, 0.3) is 11.8 Å². The molecule has 0 aromatic heterocycles. The van der Waals surface area contributed by atoms with Gasteiger partial charge in [-0.1, -0.05) is 41.5 Å². The lowest BCUT2D eigenvalue weighted by atomic mass is 10.4. The topological polar surface area (TPSA) is 40.6 Å². The lowest BCUT2D eigenvalue weighted by Crippen LogP contribution is -2.66. The van der Waals surface area contributed by atoms with Crippen molar-refractivity contribution in [3.8, 4) is 0 Å². The highest BCUT2D eigenvalue weighted by Gasteiger charge is 2.45. The van der Waals surface area contributed by atoms with Gasteiger partial charge in [0.1, 0.15) is 16.5 Å². The fraction of sp³-hybridized carbons (Fsp3) is 0.789. The summed E-state index contributed by atoms with van der Waals surface area (Å²) in [6.45, 7) is 15.9. The molecule has 0 atom stereocenters. The van der Waals surface area contributed by atoms with Gasteiger partial charge in [-0.2, -0.15) is 0 Å². The third-order valence-corrected chi connectivity index (χ3v) is 20.2. The van der Waals surface area contributed by atoms with Crippen molar-refractivity contribution < 1.29 is 9.59 Å². The molecule has 1 aliphatic rings. The molecule has 0 aromatic rings. The maximum atomic E-state index is 11.8. The van der Waals surface area contributed by atoms with Gasteiger partial charge in [-0.25, -0.2) is 0 Å². The standard InChI is InChI=1S/C19H38N2O2Si2/c1-7-24(8-2,9-3)21(25(10-4,11-5)12-6)17-13-16-20-18(22)14-15-19(20)23/h14-15H,7-13,16-17H2,1-6H3. The number of imide groups is 1. The third-order valence-electron chi connectivity index (χ3n) is 6.76. The van der Waals surface area contributed by atoms with Crippen molar-refractivity contribution in [2.24, 2.45) is 0 Å². The normalized spacial score (nSPS) is 15.7. The predicted molar refractivity (Wildman–Crippen MR) is 112 cm³/mol. The molecule has 1 aliphatic heterocycles. The Labute approximate surface area is 156 Å². The lowest BCUT2D eigenvalue weighted by Gasteiger charge is -2.52. The van der Waals surface area contributed by atoms with Gasteiger partial charge in [-0.15, -0.1) is 0 Å². The van der Waals surface area contributed by atoms with Crippen molar-refractivity contribution in [2.45, 2.75) is 84.2 Å². The summed E-state index contributed by atoms with van der Waals surface area (Å²) in [4.78, 5) is 25.0. The average molecular weight is 383 g/mol. The predicted octanol–water partition coefficient (Wildman–Crippen LogP) is 4.61. The minimum absolute atomic E-state index is 0.147. The second-order valence-electron chi connectivity index (χ2n) is 7.24. The van der Waals surface area contributed by atoms with E-state index in [-0.39, 0.29) is 11.8 Å². The first-order chi connectivity index (χ1) is 11.9. The van der Waals surface area contributed by atoms with Crippen LogP contribution in [0.25, 0.3) is 0 Å². The second kappa shape index (κ2) is 9.83. The zero-order valence-electron chi connectivity index (χ0n) is 17.2. The Morgan fingerprint density at radius 1 is 0.760 bits per heavy atom. The van der Waals surface area contributed by atoms with Crippen LogP contribution in [-0.2, 0) is 9.59 Å². The zero-order chi connectivity index (χ0) is 19.1. The molecule has 0 N–H and O–H groups in total. The molecule has 144 valence electrons. The number of carbonyl (C=O) groups excluding carboxylic acids is 2. The van der Waals surface area contributed by atoms with Crippen LogP contribution >= 0.6 is 0 Å². The van der Waals surface area contributed by atoms with Crippen LogP contribution < -0.4 is 0 Å². The first-order valence-corrected chi connectivity index (χ1v) is 15.3. The number of hydrogen-bond acceptors (Lipinski definition) is 3.